The molecule has 1 aromatic rings. The van der Waals surface area contributed by atoms with E-state index in [4.69, 9.17) is 4.74 Å². The molecule has 0 radical (unpaired) electrons. The summed E-state index contributed by atoms with van der Waals surface area (Å²) in [6.45, 7) is 4.39. The molecule has 0 N–H and O–H groups in total. The Morgan fingerprint density at radius 2 is 2.19 bits per heavy atom. The number of hydrogen-bond donors (Lipinski definition) is 0. The van der Waals surface area contributed by atoms with Gasteiger partial charge in [-0.15, -0.1) is 6.58 Å². The molecule has 1 aliphatic heterocycles. The van der Waals surface area contributed by atoms with Crippen molar-refractivity contribution in [3.8, 4) is 0 Å². The van der Waals surface area contributed by atoms with Crippen LogP contribution in [0.1, 0.15) is 29.6 Å². The summed E-state index contributed by atoms with van der Waals surface area (Å²) in [6.07, 6.45) is 4.12. The van der Waals surface area contributed by atoms with Crippen molar-refractivity contribution in [3.63, 3.8) is 0 Å². The Labute approximate surface area is 95.9 Å². The maximum absolute atomic E-state index is 12.4. The molecule has 0 spiro atoms. The summed E-state index contributed by atoms with van der Waals surface area (Å²) in [7, 11) is 0. The Bertz CT molecular complexity index is 375. The average molecular weight is 216 g/mol. The molecule has 0 bridgehead atoms. The predicted molar refractivity (Wildman–Crippen MR) is 63.5 cm³/mol. The molecule has 2 rings (SSSR count). The zero-order valence-corrected chi connectivity index (χ0v) is 9.32. The minimum atomic E-state index is -0.650. The van der Waals surface area contributed by atoms with E-state index in [2.05, 4.69) is 6.58 Å². The van der Waals surface area contributed by atoms with E-state index in [1.54, 1.807) is 6.08 Å². The van der Waals surface area contributed by atoms with E-state index in [-0.39, 0.29) is 5.78 Å². The quantitative estimate of drug-likeness (QED) is 0.571. The molecule has 2 nitrogen and oxygen atoms in total. The summed E-state index contributed by atoms with van der Waals surface area (Å²) in [6, 6.07) is 9.35. The van der Waals surface area contributed by atoms with E-state index in [0.29, 0.717) is 13.0 Å². The fraction of sp³-hybridized carbons (Fsp3) is 0.357. The Hall–Kier alpha value is -1.41. The summed E-state index contributed by atoms with van der Waals surface area (Å²) < 4.78 is 5.68. The highest BCUT2D eigenvalue weighted by molar-refractivity contribution is 6.02. The van der Waals surface area contributed by atoms with Crippen molar-refractivity contribution in [2.75, 3.05) is 6.61 Å². The number of Topliss-reactive ketones (excluding diaryl/α,β-unsaturated/α-hetero) is 1. The van der Waals surface area contributed by atoms with Crippen LogP contribution >= 0.6 is 0 Å². The second-order valence-corrected chi connectivity index (χ2v) is 4.13. The fourth-order valence-electron chi connectivity index (χ4n) is 2.22. The summed E-state index contributed by atoms with van der Waals surface area (Å²) in [5.74, 6) is 0.0884. The second kappa shape index (κ2) is 4.62. The first-order valence-corrected chi connectivity index (χ1v) is 5.63. The molecule has 0 amide bonds. The molecule has 1 atom stereocenters. The lowest BCUT2D eigenvalue weighted by Crippen LogP contribution is -2.37. The fourth-order valence-corrected chi connectivity index (χ4v) is 2.22. The predicted octanol–water partition coefficient (Wildman–Crippen LogP) is 2.99. The zero-order valence-electron chi connectivity index (χ0n) is 9.32. The van der Waals surface area contributed by atoms with E-state index in [1.807, 2.05) is 30.3 Å². The van der Waals surface area contributed by atoms with Gasteiger partial charge in [-0.3, -0.25) is 4.79 Å². The van der Waals surface area contributed by atoms with Crippen molar-refractivity contribution in [1.82, 2.24) is 0 Å². The van der Waals surface area contributed by atoms with Gasteiger partial charge in [0.05, 0.1) is 0 Å². The number of carbonyl (C=O) groups is 1. The SMILES string of the molecule is C=CCC1(C(=O)c2ccccc2)CCCO1. The zero-order chi connectivity index (χ0) is 11.4. The third kappa shape index (κ3) is 1.93. The molecule has 2 heteroatoms. The molecule has 1 aromatic carbocycles. The number of benzene rings is 1. The Morgan fingerprint density at radius 3 is 2.75 bits per heavy atom. The average Bonchev–Trinajstić information content (AvgIpc) is 2.80. The van der Waals surface area contributed by atoms with Crippen LogP contribution in [0.5, 0.6) is 0 Å². The van der Waals surface area contributed by atoms with E-state index in [0.717, 1.165) is 18.4 Å². The van der Waals surface area contributed by atoms with Crippen molar-refractivity contribution in [1.29, 1.82) is 0 Å². The second-order valence-electron chi connectivity index (χ2n) is 4.13. The first kappa shape index (κ1) is 11.1. The lowest BCUT2D eigenvalue weighted by atomic mass is 9.87. The first-order chi connectivity index (χ1) is 7.78. The van der Waals surface area contributed by atoms with Crippen LogP contribution in [0.3, 0.4) is 0 Å². The van der Waals surface area contributed by atoms with Crippen LogP contribution in [0.4, 0.5) is 0 Å². The van der Waals surface area contributed by atoms with Gasteiger partial charge in [0.15, 0.2) is 5.78 Å². The van der Waals surface area contributed by atoms with Gasteiger partial charge in [-0.2, -0.15) is 0 Å². The van der Waals surface area contributed by atoms with Crippen LogP contribution < -0.4 is 0 Å². The molecule has 1 aliphatic rings. The van der Waals surface area contributed by atoms with Crippen LogP contribution in [-0.4, -0.2) is 18.0 Å². The summed E-state index contributed by atoms with van der Waals surface area (Å²) in [5, 5.41) is 0. The van der Waals surface area contributed by atoms with Gasteiger partial charge >= 0.3 is 0 Å². The minimum Gasteiger partial charge on any atom is -0.366 e. The van der Waals surface area contributed by atoms with Crippen LogP contribution in [0.25, 0.3) is 0 Å². The van der Waals surface area contributed by atoms with E-state index < -0.39 is 5.60 Å². The normalized spacial score (nSPS) is 24.2. The molecule has 0 aliphatic carbocycles. The number of ketones is 1. The van der Waals surface area contributed by atoms with E-state index in [9.17, 15) is 4.79 Å². The molecule has 0 saturated carbocycles. The Balaban J connectivity index is 2.27. The molecule has 1 fully saturated rings. The summed E-state index contributed by atoms with van der Waals surface area (Å²) >= 11 is 0. The molecule has 0 aromatic heterocycles. The molecule has 1 saturated heterocycles. The topological polar surface area (TPSA) is 26.3 Å². The van der Waals surface area contributed by atoms with Gasteiger partial charge in [-0.05, 0) is 12.8 Å². The maximum atomic E-state index is 12.4. The van der Waals surface area contributed by atoms with Crippen molar-refractivity contribution in [2.24, 2.45) is 0 Å². The van der Waals surface area contributed by atoms with Crippen LogP contribution in [0, 0.1) is 0 Å². The van der Waals surface area contributed by atoms with Gasteiger partial charge in [-0.1, -0.05) is 36.4 Å². The first-order valence-electron chi connectivity index (χ1n) is 5.63. The van der Waals surface area contributed by atoms with Gasteiger partial charge in [0.1, 0.15) is 5.60 Å². The third-order valence-corrected chi connectivity index (χ3v) is 3.03. The van der Waals surface area contributed by atoms with Crippen LogP contribution in [-0.2, 0) is 4.74 Å². The van der Waals surface area contributed by atoms with E-state index >= 15 is 0 Å². The molecule has 1 unspecified atom stereocenters. The van der Waals surface area contributed by atoms with Crippen molar-refractivity contribution in [3.05, 3.63) is 48.6 Å². The Morgan fingerprint density at radius 1 is 1.44 bits per heavy atom. The molecule has 1 heterocycles. The smallest absolute Gasteiger partial charge is 0.194 e. The standard InChI is InChI=1S/C14H16O2/c1-2-9-14(10-6-11-16-14)13(15)12-7-4-3-5-8-12/h2-5,7-8H,1,6,9-11H2. The van der Waals surface area contributed by atoms with Gasteiger partial charge in [0.2, 0.25) is 0 Å². The monoisotopic (exact) mass is 216 g/mol. The van der Waals surface area contributed by atoms with Gasteiger partial charge < -0.3 is 4.74 Å². The van der Waals surface area contributed by atoms with Crippen molar-refractivity contribution < 1.29 is 9.53 Å². The third-order valence-electron chi connectivity index (χ3n) is 3.03. The minimum absolute atomic E-state index is 0.0884. The highest BCUT2D eigenvalue weighted by Crippen LogP contribution is 2.32. The molecule has 84 valence electrons. The number of ether oxygens (including phenoxy) is 1. The lowest BCUT2D eigenvalue weighted by Gasteiger charge is -2.25. The van der Waals surface area contributed by atoms with Crippen LogP contribution in [0.2, 0.25) is 0 Å². The Kier molecular flexibility index (Phi) is 3.20. The number of hydrogen-bond acceptors (Lipinski definition) is 2. The highest BCUT2D eigenvalue weighted by atomic mass is 16.5. The summed E-state index contributed by atoms with van der Waals surface area (Å²) in [4.78, 5) is 12.4. The molecule has 16 heavy (non-hydrogen) atoms. The van der Waals surface area contributed by atoms with E-state index in [1.165, 1.54) is 0 Å². The van der Waals surface area contributed by atoms with Crippen molar-refractivity contribution >= 4 is 5.78 Å². The van der Waals surface area contributed by atoms with Crippen LogP contribution in [0.15, 0.2) is 43.0 Å². The highest BCUT2D eigenvalue weighted by Gasteiger charge is 2.41. The number of rotatable bonds is 4. The van der Waals surface area contributed by atoms with Crippen molar-refractivity contribution in [2.45, 2.75) is 24.9 Å². The largest absolute Gasteiger partial charge is 0.366 e. The van der Waals surface area contributed by atoms with Gasteiger partial charge in [0.25, 0.3) is 0 Å². The summed E-state index contributed by atoms with van der Waals surface area (Å²) in [5.41, 5.74) is 0.0783. The molecular weight excluding hydrogens is 200 g/mol. The maximum Gasteiger partial charge on any atom is 0.194 e. The number of carbonyl (C=O) groups excluding carboxylic acids is 1. The van der Waals surface area contributed by atoms with Gasteiger partial charge in [-0.25, -0.2) is 0 Å². The lowest BCUT2D eigenvalue weighted by molar-refractivity contribution is 0.0129. The molecular formula is C14H16O2. The van der Waals surface area contributed by atoms with Gasteiger partial charge in [0, 0.05) is 18.6 Å².